The molecule has 0 aliphatic heterocycles. The van der Waals surface area contributed by atoms with Gasteiger partial charge in [0.05, 0.1) is 24.8 Å². The summed E-state index contributed by atoms with van der Waals surface area (Å²) in [5.74, 6) is 0. The molecule has 10 heteroatoms. The van der Waals surface area contributed by atoms with E-state index >= 15 is 0 Å². The van der Waals surface area contributed by atoms with Gasteiger partial charge in [0.1, 0.15) is 0 Å². The van der Waals surface area contributed by atoms with Gasteiger partial charge >= 0.3 is 12.2 Å². The van der Waals surface area contributed by atoms with Crippen LogP contribution in [-0.4, -0.2) is 32.5 Å². The SMILES string of the molecule is O=c1ccc(-c2cnc(OCC(F)(F)F)nc2)nn1Cc1ccoc1. The molecule has 0 saturated heterocycles. The Balaban J connectivity index is 1.78. The van der Waals surface area contributed by atoms with E-state index in [1.54, 1.807) is 6.07 Å². The summed E-state index contributed by atoms with van der Waals surface area (Å²) in [7, 11) is 0. The summed E-state index contributed by atoms with van der Waals surface area (Å²) in [5, 5.41) is 4.19. The predicted molar refractivity (Wildman–Crippen MR) is 78.9 cm³/mol. The second-order valence-electron chi connectivity index (χ2n) is 5.00. The molecule has 0 unspecified atom stereocenters. The van der Waals surface area contributed by atoms with Gasteiger partial charge in [-0.1, -0.05) is 0 Å². The van der Waals surface area contributed by atoms with Crippen LogP contribution in [0.15, 0.2) is 52.3 Å². The Hall–Kier alpha value is -3.17. The van der Waals surface area contributed by atoms with E-state index in [2.05, 4.69) is 19.8 Å². The molecule has 0 amide bonds. The normalized spacial score (nSPS) is 11.5. The van der Waals surface area contributed by atoms with Crippen LogP contribution in [0.4, 0.5) is 13.2 Å². The second-order valence-corrected chi connectivity index (χ2v) is 5.00. The summed E-state index contributed by atoms with van der Waals surface area (Å²) in [6.07, 6.45) is 1.06. The Morgan fingerprint density at radius 2 is 1.92 bits per heavy atom. The van der Waals surface area contributed by atoms with Crippen LogP contribution in [-0.2, 0) is 6.54 Å². The number of hydrogen-bond donors (Lipinski definition) is 0. The minimum absolute atomic E-state index is 0.219. The van der Waals surface area contributed by atoms with Crippen molar-refractivity contribution in [3.05, 3.63) is 59.0 Å². The van der Waals surface area contributed by atoms with Gasteiger partial charge in [-0.3, -0.25) is 4.79 Å². The lowest BCUT2D eigenvalue weighted by Crippen LogP contribution is -2.22. The van der Waals surface area contributed by atoms with Crippen molar-refractivity contribution in [3.8, 4) is 17.3 Å². The Morgan fingerprint density at radius 1 is 1.16 bits per heavy atom. The molecule has 3 aromatic heterocycles. The fourth-order valence-electron chi connectivity index (χ4n) is 1.94. The van der Waals surface area contributed by atoms with Crippen molar-refractivity contribution in [2.75, 3.05) is 6.61 Å². The van der Waals surface area contributed by atoms with Gasteiger partial charge in [0.25, 0.3) is 5.56 Å². The van der Waals surface area contributed by atoms with Crippen molar-refractivity contribution < 1.29 is 22.3 Å². The number of furan rings is 1. The van der Waals surface area contributed by atoms with Crippen LogP contribution in [0.2, 0.25) is 0 Å². The molecule has 7 nitrogen and oxygen atoms in total. The lowest BCUT2D eigenvalue weighted by molar-refractivity contribution is -0.154. The topological polar surface area (TPSA) is 83.0 Å². The Morgan fingerprint density at radius 3 is 2.56 bits per heavy atom. The molecule has 3 rings (SSSR count). The van der Waals surface area contributed by atoms with Crippen LogP contribution in [0, 0.1) is 0 Å². The average molecular weight is 352 g/mol. The summed E-state index contributed by atoms with van der Waals surface area (Å²) >= 11 is 0. The molecule has 130 valence electrons. The fraction of sp³-hybridized carbons (Fsp3) is 0.200. The maximum absolute atomic E-state index is 12.1. The standard InChI is InChI=1S/C15H11F3N4O3/c16-15(17,18)9-25-14-19-5-11(6-20-14)12-1-2-13(23)22(21-12)7-10-3-4-24-8-10/h1-6,8H,7,9H2. The van der Waals surface area contributed by atoms with Crippen molar-refractivity contribution in [3.63, 3.8) is 0 Å². The molecule has 0 aliphatic carbocycles. The molecule has 0 aliphatic rings. The average Bonchev–Trinajstić information content (AvgIpc) is 3.08. The predicted octanol–water partition coefficient (Wildman–Crippen LogP) is 2.28. The molecule has 3 heterocycles. The van der Waals surface area contributed by atoms with Gasteiger partial charge in [0, 0.05) is 29.6 Å². The van der Waals surface area contributed by atoms with E-state index in [9.17, 15) is 18.0 Å². The van der Waals surface area contributed by atoms with Gasteiger partial charge in [-0.05, 0) is 12.1 Å². The van der Waals surface area contributed by atoms with Crippen LogP contribution in [0.1, 0.15) is 5.56 Å². The van der Waals surface area contributed by atoms with Crippen molar-refractivity contribution in [2.24, 2.45) is 0 Å². The van der Waals surface area contributed by atoms with Crippen LogP contribution >= 0.6 is 0 Å². The maximum Gasteiger partial charge on any atom is 0.422 e. The Bertz CT molecular complexity index is 890. The van der Waals surface area contributed by atoms with E-state index in [-0.39, 0.29) is 12.1 Å². The van der Waals surface area contributed by atoms with E-state index in [4.69, 9.17) is 4.42 Å². The van der Waals surface area contributed by atoms with E-state index in [1.165, 1.54) is 41.7 Å². The number of rotatable bonds is 5. The number of ether oxygens (including phenoxy) is 1. The van der Waals surface area contributed by atoms with Gasteiger partial charge in [0.2, 0.25) is 0 Å². The minimum atomic E-state index is -4.47. The smallest absolute Gasteiger partial charge is 0.422 e. The van der Waals surface area contributed by atoms with Crippen LogP contribution in [0.5, 0.6) is 6.01 Å². The van der Waals surface area contributed by atoms with E-state index < -0.39 is 18.8 Å². The van der Waals surface area contributed by atoms with Crippen molar-refractivity contribution >= 4 is 0 Å². The zero-order chi connectivity index (χ0) is 17.9. The Kier molecular flexibility index (Phi) is 4.50. The molecule has 0 bridgehead atoms. The molecule has 0 saturated carbocycles. The van der Waals surface area contributed by atoms with Crippen molar-refractivity contribution in [1.29, 1.82) is 0 Å². The van der Waals surface area contributed by atoms with Crippen molar-refractivity contribution in [1.82, 2.24) is 19.7 Å². The first kappa shape index (κ1) is 16.7. The molecule has 0 spiro atoms. The molecular formula is C15H11F3N4O3. The maximum atomic E-state index is 12.1. The first-order valence-corrected chi connectivity index (χ1v) is 7.02. The molecule has 0 N–H and O–H groups in total. The first-order chi connectivity index (χ1) is 11.9. The largest absolute Gasteiger partial charge is 0.472 e. The second kappa shape index (κ2) is 6.75. The number of alkyl halides is 3. The summed E-state index contributed by atoms with van der Waals surface area (Å²) < 4.78 is 46.9. The van der Waals surface area contributed by atoms with Gasteiger partial charge in [-0.25, -0.2) is 14.6 Å². The highest BCUT2D eigenvalue weighted by molar-refractivity contribution is 5.55. The highest BCUT2D eigenvalue weighted by atomic mass is 19.4. The third-order valence-corrected chi connectivity index (χ3v) is 3.07. The van der Waals surface area contributed by atoms with Gasteiger partial charge in [-0.2, -0.15) is 18.3 Å². The molecular weight excluding hydrogens is 341 g/mol. The van der Waals surface area contributed by atoms with Gasteiger partial charge in [0.15, 0.2) is 6.61 Å². The quantitative estimate of drug-likeness (QED) is 0.701. The molecule has 0 aromatic carbocycles. The highest BCUT2D eigenvalue weighted by Gasteiger charge is 2.28. The summed E-state index contributed by atoms with van der Waals surface area (Å²) in [6, 6.07) is 4.11. The summed E-state index contributed by atoms with van der Waals surface area (Å²) in [5.41, 5.74) is 1.28. The molecule has 0 atom stereocenters. The van der Waals surface area contributed by atoms with Crippen molar-refractivity contribution in [2.45, 2.75) is 12.7 Å². The van der Waals surface area contributed by atoms with E-state index in [1.807, 2.05) is 0 Å². The zero-order valence-corrected chi connectivity index (χ0v) is 12.6. The van der Waals surface area contributed by atoms with Crippen LogP contribution in [0.25, 0.3) is 11.3 Å². The molecule has 0 fully saturated rings. The van der Waals surface area contributed by atoms with Crippen LogP contribution in [0.3, 0.4) is 0 Å². The Labute approximate surface area is 138 Å². The molecule has 0 radical (unpaired) electrons. The zero-order valence-electron chi connectivity index (χ0n) is 12.6. The number of nitrogens with zero attached hydrogens (tertiary/aromatic N) is 4. The monoisotopic (exact) mass is 352 g/mol. The number of halogens is 3. The first-order valence-electron chi connectivity index (χ1n) is 7.02. The molecule has 3 aromatic rings. The highest BCUT2D eigenvalue weighted by Crippen LogP contribution is 2.18. The molecule has 25 heavy (non-hydrogen) atoms. The summed E-state index contributed by atoms with van der Waals surface area (Å²) in [6.45, 7) is -1.25. The van der Waals surface area contributed by atoms with Crippen LogP contribution < -0.4 is 10.3 Å². The van der Waals surface area contributed by atoms with Gasteiger partial charge in [-0.15, -0.1) is 0 Å². The lowest BCUT2D eigenvalue weighted by Gasteiger charge is -2.08. The fourth-order valence-corrected chi connectivity index (χ4v) is 1.94. The minimum Gasteiger partial charge on any atom is -0.472 e. The third-order valence-electron chi connectivity index (χ3n) is 3.07. The number of aromatic nitrogens is 4. The van der Waals surface area contributed by atoms with E-state index in [0.29, 0.717) is 11.3 Å². The summed E-state index contributed by atoms with van der Waals surface area (Å²) in [4.78, 5) is 19.3. The van der Waals surface area contributed by atoms with Gasteiger partial charge < -0.3 is 9.15 Å². The van der Waals surface area contributed by atoms with E-state index in [0.717, 1.165) is 5.56 Å². The third kappa shape index (κ3) is 4.43. The number of hydrogen-bond acceptors (Lipinski definition) is 6. The lowest BCUT2D eigenvalue weighted by atomic mass is 10.2.